The molecule has 0 fully saturated rings. The summed E-state index contributed by atoms with van der Waals surface area (Å²) in [4.78, 5) is 12.3. The summed E-state index contributed by atoms with van der Waals surface area (Å²) in [7, 11) is -2.26. The third-order valence-corrected chi connectivity index (χ3v) is 4.78. The number of para-hydroxylation sites is 2. The topological polar surface area (TPSA) is 75.7 Å². The van der Waals surface area contributed by atoms with Crippen LogP contribution in [0.4, 0.5) is 11.4 Å². The Morgan fingerprint density at radius 3 is 2.32 bits per heavy atom. The van der Waals surface area contributed by atoms with Gasteiger partial charge >= 0.3 is 0 Å². The van der Waals surface area contributed by atoms with Crippen molar-refractivity contribution < 1.29 is 17.9 Å². The fourth-order valence-electron chi connectivity index (χ4n) is 2.15. The van der Waals surface area contributed by atoms with Crippen molar-refractivity contribution in [3.63, 3.8) is 0 Å². The van der Waals surface area contributed by atoms with E-state index in [1.807, 2.05) is 0 Å². The van der Waals surface area contributed by atoms with Crippen LogP contribution in [0, 0.1) is 0 Å². The number of amides is 1. The Morgan fingerprint density at radius 2 is 1.76 bits per heavy atom. The molecule has 0 saturated heterocycles. The zero-order chi connectivity index (χ0) is 18.6. The van der Waals surface area contributed by atoms with Gasteiger partial charge in [0.25, 0.3) is 0 Å². The van der Waals surface area contributed by atoms with Crippen LogP contribution in [-0.4, -0.2) is 34.2 Å². The van der Waals surface area contributed by atoms with E-state index in [-0.39, 0.29) is 15.7 Å². The molecule has 0 radical (unpaired) electrons. The Hall–Kier alpha value is -1.96. The number of benzene rings is 2. The molecule has 134 valence electrons. The Morgan fingerprint density at radius 1 is 1.16 bits per heavy atom. The van der Waals surface area contributed by atoms with Gasteiger partial charge in [-0.2, -0.15) is 0 Å². The highest BCUT2D eigenvalue weighted by molar-refractivity contribution is 7.92. The van der Waals surface area contributed by atoms with E-state index in [0.717, 1.165) is 10.6 Å². The highest BCUT2D eigenvalue weighted by Crippen LogP contribution is 2.27. The normalized spacial score (nSPS) is 11.0. The number of rotatable bonds is 6. The molecule has 0 saturated carbocycles. The molecule has 0 aromatic heterocycles. The Labute approximate surface area is 156 Å². The zero-order valence-electron chi connectivity index (χ0n) is 13.5. The van der Waals surface area contributed by atoms with Crippen molar-refractivity contribution in [3.8, 4) is 5.75 Å². The van der Waals surface area contributed by atoms with Gasteiger partial charge in [-0.15, -0.1) is 0 Å². The highest BCUT2D eigenvalue weighted by atomic mass is 35.5. The Bertz CT molecular complexity index is 867. The summed E-state index contributed by atoms with van der Waals surface area (Å²) >= 11 is 11.9. The molecular formula is C16H16Cl2N2O4S. The molecule has 0 spiro atoms. The van der Waals surface area contributed by atoms with E-state index in [0.29, 0.717) is 11.4 Å². The molecule has 0 aliphatic heterocycles. The molecule has 0 aliphatic carbocycles. The molecule has 1 amide bonds. The molecule has 0 aliphatic rings. The molecule has 25 heavy (non-hydrogen) atoms. The number of anilines is 2. The SMILES string of the molecule is COc1ccccc1NC(=O)CN(c1cc(Cl)cc(Cl)c1)S(C)(=O)=O. The number of nitrogens with zero attached hydrogens (tertiary/aromatic N) is 1. The van der Waals surface area contributed by atoms with Gasteiger partial charge in [0.1, 0.15) is 12.3 Å². The van der Waals surface area contributed by atoms with Crippen LogP contribution >= 0.6 is 23.2 Å². The van der Waals surface area contributed by atoms with Crippen molar-refractivity contribution in [1.82, 2.24) is 0 Å². The minimum Gasteiger partial charge on any atom is -0.495 e. The minimum atomic E-state index is -3.73. The van der Waals surface area contributed by atoms with E-state index in [1.54, 1.807) is 24.3 Å². The van der Waals surface area contributed by atoms with Crippen LogP contribution in [0.5, 0.6) is 5.75 Å². The van der Waals surface area contributed by atoms with Gasteiger partial charge in [0, 0.05) is 10.0 Å². The van der Waals surface area contributed by atoms with Crippen LogP contribution in [0.25, 0.3) is 0 Å². The number of halogens is 2. The summed E-state index contributed by atoms with van der Waals surface area (Å²) in [5.41, 5.74) is 0.641. The molecule has 2 aromatic carbocycles. The summed E-state index contributed by atoms with van der Waals surface area (Å²) in [5.74, 6) is -0.0708. The van der Waals surface area contributed by atoms with Crippen molar-refractivity contribution in [3.05, 3.63) is 52.5 Å². The predicted molar refractivity (Wildman–Crippen MR) is 100 cm³/mol. The van der Waals surface area contributed by atoms with Gasteiger partial charge in [-0.1, -0.05) is 35.3 Å². The van der Waals surface area contributed by atoms with Crippen LogP contribution in [-0.2, 0) is 14.8 Å². The van der Waals surface area contributed by atoms with Crippen molar-refractivity contribution >= 4 is 50.5 Å². The largest absolute Gasteiger partial charge is 0.495 e. The molecule has 0 heterocycles. The van der Waals surface area contributed by atoms with E-state index >= 15 is 0 Å². The molecular weight excluding hydrogens is 387 g/mol. The van der Waals surface area contributed by atoms with E-state index in [1.165, 1.54) is 25.3 Å². The standard InChI is InChI=1S/C16H16Cl2N2O4S/c1-24-15-6-4-3-5-14(15)19-16(21)10-20(25(2,22)23)13-8-11(17)7-12(18)9-13/h3-9H,10H2,1-2H3,(H,19,21). The fourth-order valence-corrected chi connectivity index (χ4v) is 3.51. The maximum atomic E-state index is 12.3. The first kappa shape index (κ1) is 19.4. The summed E-state index contributed by atoms with van der Waals surface area (Å²) < 4.78 is 30.3. The second-order valence-corrected chi connectivity index (χ2v) is 7.93. The predicted octanol–water partition coefficient (Wildman–Crippen LogP) is 3.41. The van der Waals surface area contributed by atoms with Crippen LogP contribution in [0.15, 0.2) is 42.5 Å². The second kappa shape index (κ2) is 7.95. The van der Waals surface area contributed by atoms with E-state index < -0.39 is 22.5 Å². The molecule has 2 rings (SSSR count). The lowest BCUT2D eigenvalue weighted by Crippen LogP contribution is -2.37. The molecule has 0 unspecified atom stereocenters. The summed E-state index contributed by atoms with van der Waals surface area (Å²) in [5, 5.41) is 3.16. The Kier molecular flexibility index (Phi) is 6.16. The molecule has 0 bridgehead atoms. The third kappa shape index (κ3) is 5.26. The van der Waals surface area contributed by atoms with E-state index in [9.17, 15) is 13.2 Å². The van der Waals surface area contributed by atoms with E-state index in [2.05, 4.69) is 5.32 Å². The first-order chi connectivity index (χ1) is 11.7. The maximum absolute atomic E-state index is 12.3. The highest BCUT2D eigenvalue weighted by Gasteiger charge is 2.22. The summed E-state index contributed by atoms with van der Waals surface area (Å²) in [6, 6.07) is 11.1. The van der Waals surface area contributed by atoms with Gasteiger partial charge in [0.15, 0.2) is 0 Å². The van der Waals surface area contributed by atoms with Crippen molar-refractivity contribution in [2.45, 2.75) is 0 Å². The van der Waals surface area contributed by atoms with Crippen LogP contribution in [0.1, 0.15) is 0 Å². The fraction of sp³-hybridized carbons (Fsp3) is 0.188. The lowest BCUT2D eigenvalue weighted by Gasteiger charge is -2.22. The first-order valence-corrected chi connectivity index (χ1v) is 9.68. The van der Waals surface area contributed by atoms with Gasteiger partial charge in [0.2, 0.25) is 15.9 Å². The number of methoxy groups -OCH3 is 1. The van der Waals surface area contributed by atoms with E-state index in [4.69, 9.17) is 27.9 Å². The molecule has 0 atom stereocenters. The van der Waals surface area contributed by atoms with Crippen molar-refractivity contribution in [2.24, 2.45) is 0 Å². The van der Waals surface area contributed by atoms with Crippen molar-refractivity contribution in [2.75, 3.05) is 29.5 Å². The average Bonchev–Trinajstić information content (AvgIpc) is 2.51. The lowest BCUT2D eigenvalue weighted by atomic mass is 10.3. The number of sulfonamides is 1. The molecule has 9 heteroatoms. The number of carbonyl (C=O) groups is 1. The van der Waals surface area contributed by atoms with Gasteiger partial charge in [0.05, 0.1) is 24.7 Å². The average molecular weight is 403 g/mol. The summed E-state index contributed by atoms with van der Waals surface area (Å²) in [6.07, 6.45) is 0.998. The number of hydrogen-bond acceptors (Lipinski definition) is 4. The molecule has 1 N–H and O–H groups in total. The van der Waals surface area contributed by atoms with Gasteiger partial charge < -0.3 is 10.1 Å². The van der Waals surface area contributed by atoms with Crippen molar-refractivity contribution in [1.29, 1.82) is 0 Å². The minimum absolute atomic E-state index is 0.204. The number of nitrogens with one attached hydrogen (secondary N) is 1. The Balaban J connectivity index is 2.27. The zero-order valence-corrected chi connectivity index (χ0v) is 15.8. The van der Waals surface area contributed by atoms with Crippen LogP contribution in [0.3, 0.4) is 0 Å². The third-order valence-electron chi connectivity index (χ3n) is 3.20. The smallest absolute Gasteiger partial charge is 0.245 e. The molecule has 2 aromatic rings. The number of hydrogen-bond donors (Lipinski definition) is 1. The van der Waals surface area contributed by atoms with Crippen LogP contribution in [0.2, 0.25) is 10.0 Å². The molecule has 6 nitrogen and oxygen atoms in total. The lowest BCUT2D eigenvalue weighted by molar-refractivity contribution is -0.114. The second-order valence-electron chi connectivity index (χ2n) is 5.15. The maximum Gasteiger partial charge on any atom is 0.245 e. The first-order valence-electron chi connectivity index (χ1n) is 7.07. The number of ether oxygens (including phenoxy) is 1. The van der Waals surface area contributed by atoms with Gasteiger partial charge in [-0.25, -0.2) is 8.42 Å². The quantitative estimate of drug-likeness (QED) is 0.802. The monoisotopic (exact) mass is 402 g/mol. The van der Waals surface area contributed by atoms with Crippen LogP contribution < -0.4 is 14.4 Å². The summed E-state index contributed by atoms with van der Waals surface area (Å²) in [6.45, 7) is -0.437. The van der Waals surface area contributed by atoms with Gasteiger partial charge in [-0.3, -0.25) is 9.10 Å². The number of carbonyl (C=O) groups excluding carboxylic acids is 1. The van der Waals surface area contributed by atoms with Gasteiger partial charge in [-0.05, 0) is 30.3 Å².